The van der Waals surface area contributed by atoms with Crippen LogP contribution in [0.5, 0.6) is 0 Å². The lowest BCUT2D eigenvalue weighted by Crippen LogP contribution is -2.51. The topological polar surface area (TPSA) is 49.3 Å². The monoisotopic (exact) mass is 332 g/mol. The van der Waals surface area contributed by atoms with Gasteiger partial charge in [-0.05, 0) is 30.5 Å². The summed E-state index contributed by atoms with van der Waals surface area (Å²) >= 11 is 1.20. The average molecular weight is 332 g/mol. The molecule has 4 rings (SSSR count). The summed E-state index contributed by atoms with van der Waals surface area (Å²) in [5.41, 5.74) is 0.521. The molecule has 2 fully saturated rings. The first kappa shape index (κ1) is 14.6. The van der Waals surface area contributed by atoms with Gasteiger partial charge in [-0.1, -0.05) is 12.1 Å². The highest BCUT2D eigenvalue weighted by molar-refractivity contribution is 6.99. The third-order valence-corrected chi connectivity index (χ3v) is 5.27. The van der Waals surface area contributed by atoms with Crippen molar-refractivity contribution in [2.24, 2.45) is 0 Å². The molecule has 0 radical (unpaired) electrons. The maximum atomic E-state index is 13.1. The number of nitrogens with zero attached hydrogens (tertiary/aromatic N) is 4. The van der Waals surface area contributed by atoms with E-state index in [9.17, 15) is 9.18 Å². The van der Waals surface area contributed by atoms with Crippen LogP contribution >= 0.6 is 11.7 Å². The van der Waals surface area contributed by atoms with E-state index < -0.39 is 5.41 Å². The Balaban J connectivity index is 1.45. The van der Waals surface area contributed by atoms with Crippen molar-refractivity contribution in [3.05, 3.63) is 41.8 Å². The van der Waals surface area contributed by atoms with Gasteiger partial charge in [0.2, 0.25) is 5.91 Å². The van der Waals surface area contributed by atoms with E-state index in [1.807, 2.05) is 4.90 Å². The fourth-order valence-corrected chi connectivity index (χ4v) is 3.70. The van der Waals surface area contributed by atoms with Crippen LogP contribution < -0.4 is 4.90 Å². The molecule has 1 saturated carbocycles. The van der Waals surface area contributed by atoms with Gasteiger partial charge in [0, 0.05) is 26.2 Å². The zero-order valence-corrected chi connectivity index (χ0v) is 13.4. The minimum Gasteiger partial charge on any atom is -0.351 e. The van der Waals surface area contributed by atoms with Crippen LogP contribution in [0.25, 0.3) is 0 Å². The number of rotatable bonds is 3. The number of carbonyl (C=O) groups is 1. The normalized spacial score (nSPS) is 19.7. The summed E-state index contributed by atoms with van der Waals surface area (Å²) in [6, 6.07) is 6.38. The first-order valence-corrected chi connectivity index (χ1v) is 8.50. The molecule has 0 atom stereocenters. The Hall–Kier alpha value is -2.02. The van der Waals surface area contributed by atoms with E-state index in [1.54, 1.807) is 18.3 Å². The van der Waals surface area contributed by atoms with Crippen LogP contribution in [0.4, 0.5) is 10.2 Å². The van der Waals surface area contributed by atoms with Gasteiger partial charge in [-0.2, -0.15) is 8.75 Å². The van der Waals surface area contributed by atoms with Gasteiger partial charge >= 0.3 is 0 Å². The van der Waals surface area contributed by atoms with E-state index in [4.69, 9.17) is 0 Å². The standard InChI is InChI=1S/C16H17FN4OS/c17-13-3-1-12(2-4-13)16(5-6-16)15(22)21-9-7-20(8-10-21)14-11-18-23-19-14/h1-4,11H,5-10H2. The van der Waals surface area contributed by atoms with E-state index >= 15 is 0 Å². The Labute approximate surface area is 138 Å². The van der Waals surface area contributed by atoms with Crippen molar-refractivity contribution >= 4 is 23.5 Å². The molecule has 1 aliphatic carbocycles. The second-order valence-corrected chi connectivity index (χ2v) is 6.69. The molecule has 0 N–H and O–H groups in total. The zero-order chi connectivity index (χ0) is 15.9. The molecule has 23 heavy (non-hydrogen) atoms. The predicted molar refractivity (Wildman–Crippen MR) is 86.0 cm³/mol. The number of aromatic nitrogens is 2. The molecular formula is C16H17FN4OS. The lowest BCUT2D eigenvalue weighted by atomic mass is 9.94. The molecule has 7 heteroatoms. The third-order valence-electron chi connectivity index (χ3n) is 4.80. The van der Waals surface area contributed by atoms with Gasteiger partial charge in [0.1, 0.15) is 5.82 Å². The largest absolute Gasteiger partial charge is 0.351 e. The fourth-order valence-electron chi connectivity index (χ4n) is 3.26. The van der Waals surface area contributed by atoms with Crippen molar-refractivity contribution in [2.45, 2.75) is 18.3 Å². The van der Waals surface area contributed by atoms with Gasteiger partial charge in [0.25, 0.3) is 0 Å². The van der Waals surface area contributed by atoms with Crippen LogP contribution in [0.15, 0.2) is 30.5 Å². The summed E-state index contributed by atoms with van der Waals surface area (Å²) in [6.07, 6.45) is 3.48. The van der Waals surface area contributed by atoms with Crippen molar-refractivity contribution in [3.63, 3.8) is 0 Å². The van der Waals surface area contributed by atoms with Crippen LogP contribution in [0, 0.1) is 5.82 Å². The van der Waals surface area contributed by atoms with Crippen LogP contribution in [0.3, 0.4) is 0 Å². The van der Waals surface area contributed by atoms with Crippen molar-refractivity contribution in [1.82, 2.24) is 13.6 Å². The highest BCUT2D eigenvalue weighted by Gasteiger charge is 2.53. The number of anilines is 1. The molecule has 1 saturated heterocycles. The van der Waals surface area contributed by atoms with Gasteiger partial charge in [-0.3, -0.25) is 4.79 Å². The Kier molecular flexibility index (Phi) is 3.52. The number of amides is 1. The number of hydrogen-bond acceptors (Lipinski definition) is 5. The van der Waals surface area contributed by atoms with E-state index in [0.717, 1.165) is 37.3 Å². The first-order chi connectivity index (χ1) is 11.2. The molecule has 1 aliphatic heterocycles. The van der Waals surface area contributed by atoms with Crippen LogP contribution in [0.2, 0.25) is 0 Å². The van der Waals surface area contributed by atoms with E-state index in [-0.39, 0.29) is 11.7 Å². The zero-order valence-electron chi connectivity index (χ0n) is 12.6. The highest BCUT2D eigenvalue weighted by atomic mass is 32.1. The van der Waals surface area contributed by atoms with Crippen molar-refractivity contribution in [3.8, 4) is 0 Å². The van der Waals surface area contributed by atoms with Crippen LogP contribution in [-0.4, -0.2) is 45.7 Å². The summed E-state index contributed by atoms with van der Waals surface area (Å²) in [4.78, 5) is 17.0. The second-order valence-electron chi connectivity index (χ2n) is 6.13. The molecule has 0 bridgehead atoms. The minimum absolute atomic E-state index is 0.181. The molecule has 1 amide bonds. The minimum atomic E-state index is -0.419. The highest BCUT2D eigenvalue weighted by Crippen LogP contribution is 2.49. The summed E-state index contributed by atoms with van der Waals surface area (Å²) in [6.45, 7) is 2.94. The fraction of sp³-hybridized carbons (Fsp3) is 0.438. The maximum absolute atomic E-state index is 13.1. The van der Waals surface area contributed by atoms with E-state index in [1.165, 1.54) is 23.9 Å². The Morgan fingerprint density at radius 3 is 2.39 bits per heavy atom. The number of carbonyl (C=O) groups excluding carboxylic acids is 1. The molecule has 5 nitrogen and oxygen atoms in total. The Bertz CT molecular complexity index is 691. The molecule has 1 aromatic carbocycles. The summed E-state index contributed by atoms with van der Waals surface area (Å²) in [5.74, 6) is 0.810. The molecule has 2 heterocycles. The van der Waals surface area contributed by atoms with Gasteiger partial charge in [0.15, 0.2) is 5.82 Å². The van der Waals surface area contributed by atoms with E-state index in [2.05, 4.69) is 13.6 Å². The molecule has 1 aromatic heterocycles. The molecule has 2 aromatic rings. The Morgan fingerprint density at radius 2 is 1.83 bits per heavy atom. The lowest BCUT2D eigenvalue weighted by molar-refractivity contribution is -0.134. The van der Waals surface area contributed by atoms with Gasteiger partial charge in [-0.15, -0.1) is 0 Å². The van der Waals surface area contributed by atoms with Gasteiger partial charge in [-0.25, -0.2) is 4.39 Å². The molecule has 120 valence electrons. The summed E-state index contributed by atoms with van der Waals surface area (Å²) < 4.78 is 21.4. The van der Waals surface area contributed by atoms with Crippen LogP contribution in [-0.2, 0) is 10.2 Å². The first-order valence-electron chi connectivity index (χ1n) is 7.77. The Morgan fingerprint density at radius 1 is 1.13 bits per heavy atom. The summed E-state index contributed by atoms with van der Waals surface area (Å²) in [7, 11) is 0. The molecular weight excluding hydrogens is 315 g/mol. The van der Waals surface area contributed by atoms with Crippen molar-refractivity contribution < 1.29 is 9.18 Å². The number of halogens is 1. The SMILES string of the molecule is O=C(N1CCN(c2cnsn2)CC1)C1(c2ccc(F)cc2)CC1. The van der Waals surface area contributed by atoms with Crippen LogP contribution in [0.1, 0.15) is 18.4 Å². The number of hydrogen-bond donors (Lipinski definition) is 0. The van der Waals surface area contributed by atoms with Gasteiger partial charge in [0.05, 0.1) is 23.3 Å². The van der Waals surface area contributed by atoms with Crippen molar-refractivity contribution in [1.29, 1.82) is 0 Å². The molecule has 0 unspecified atom stereocenters. The lowest BCUT2D eigenvalue weighted by Gasteiger charge is -2.36. The average Bonchev–Trinajstić information content (AvgIpc) is 3.21. The second kappa shape index (κ2) is 5.56. The van der Waals surface area contributed by atoms with E-state index in [0.29, 0.717) is 13.1 Å². The smallest absolute Gasteiger partial charge is 0.233 e. The molecule has 0 spiro atoms. The van der Waals surface area contributed by atoms with Crippen molar-refractivity contribution in [2.75, 3.05) is 31.1 Å². The number of benzene rings is 1. The maximum Gasteiger partial charge on any atom is 0.233 e. The molecule has 2 aliphatic rings. The predicted octanol–water partition coefficient (Wildman–Crippen LogP) is 2.06. The number of piperazine rings is 1. The quantitative estimate of drug-likeness (QED) is 0.863. The van der Waals surface area contributed by atoms with Gasteiger partial charge < -0.3 is 9.80 Å². The third kappa shape index (κ3) is 2.59. The summed E-state index contributed by atoms with van der Waals surface area (Å²) in [5, 5.41) is 0.